The summed E-state index contributed by atoms with van der Waals surface area (Å²) in [4.78, 5) is 0. The molecule has 0 heterocycles. The second-order valence-corrected chi connectivity index (χ2v) is 5.90. The van der Waals surface area contributed by atoms with Crippen LogP contribution in [-0.4, -0.2) is 12.6 Å². The number of ether oxygens (including phenoxy) is 1. The molecule has 0 amide bonds. The van der Waals surface area contributed by atoms with Crippen LogP contribution in [0.25, 0.3) is 0 Å². The molecular weight excluding hydrogens is 282 g/mol. The van der Waals surface area contributed by atoms with E-state index in [1.807, 2.05) is 43.3 Å². The van der Waals surface area contributed by atoms with Crippen LogP contribution in [0.2, 0.25) is 5.02 Å². The van der Waals surface area contributed by atoms with E-state index in [4.69, 9.17) is 16.3 Å². The summed E-state index contributed by atoms with van der Waals surface area (Å²) in [5.74, 6) is 0.844. The number of halogens is 1. The summed E-state index contributed by atoms with van der Waals surface area (Å²) in [7, 11) is 0. The predicted octanol–water partition coefficient (Wildman–Crippen LogP) is 4.77. The van der Waals surface area contributed by atoms with Crippen LogP contribution in [0, 0.1) is 6.92 Å². The Morgan fingerprint density at radius 3 is 2.43 bits per heavy atom. The first-order valence-corrected chi connectivity index (χ1v) is 7.65. The lowest BCUT2D eigenvalue weighted by atomic mass is 10.1. The summed E-state index contributed by atoms with van der Waals surface area (Å²) < 4.78 is 6.17. The summed E-state index contributed by atoms with van der Waals surface area (Å²) in [5.41, 5.74) is 2.19. The topological polar surface area (TPSA) is 21.3 Å². The molecule has 0 fully saturated rings. The zero-order valence-electron chi connectivity index (χ0n) is 12.8. The van der Waals surface area contributed by atoms with Gasteiger partial charge in [0.2, 0.25) is 0 Å². The fourth-order valence-electron chi connectivity index (χ4n) is 2.09. The number of benzene rings is 2. The van der Waals surface area contributed by atoms with Gasteiger partial charge >= 0.3 is 0 Å². The van der Waals surface area contributed by atoms with Gasteiger partial charge in [0.1, 0.15) is 11.9 Å². The Hall–Kier alpha value is -1.51. The third kappa shape index (κ3) is 4.76. The Kier molecular flexibility index (Phi) is 5.66. The zero-order chi connectivity index (χ0) is 15.2. The predicted molar refractivity (Wildman–Crippen MR) is 89.1 cm³/mol. The van der Waals surface area contributed by atoms with Gasteiger partial charge in [-0.15, -0.1) is 0 Å². The van der Waals surface area contributed by atoms with Crippen LogP contribution < -0.4 is 10.1 Å². The van der Waals surface area contributed by atoms with Crippen molar-refractivity contribution in [3.8, 4) is 5.75 Å². The van der Waals surface area contributed by atoms with Crippen LogP contribution in [0.4, 0.5) is 0 Å². The summed E-state index contributed by atoms with van der Waals surface area (Å²) in [6.45, 7) is 7.02. The Morgan fingerprint density at radius 1 is 1.10 bits per heavy atom. The third-order valence-corrected chi connectivity index (χ3v) is 3.71. The maximum absolute atomic E-state index is 6.17. The summed E-state index contributed by atoms with van der Waals surface area (Å²) >= 11 is 6.07. The minimum absolute atomic E-state index is 0.0193. The van der Waals surface area contributed by atoms with Crippen molar-refractivity contribution < 1.29 is 4.74 Å². The highest BCUT2D eigenvalue weighted by atomic mass is 35.5. The van der Waals surface area contributed by atoms with Crippen molar-refractivity contribution in [1.82, 2.24) is 5.32 Å². The molecule has 2 aromatic carbocycles. The first kappa shape index (κ1) is 15.9. The smallest absolute Gasteiger partial charge is 0.136 e. The van der Waals surface area contributed by atoms with Gasteiger partial charge in [-0.3, -0.25) is 0 Å². The first-order valence-electron chi connectivity index (χ1n) is 7.27. The molecule has 1 N–H and O–H groups in total. The molecule has 112 valence electrons. The van der Waals surface area contributed by atoms with Gasteiger partial charge in [-0.1, -0.05) is 55.8 Å². The van der Waals surface area contributed by atoms with Gasteiger partial charge in [0.25, 0.3) is 0 Å². The van der Waals surface area contributed by atoms with Gasteiger partial charge in [0.05, 0.1) is 0 Å². The minimum atomic E-state index is -0.0193. The molecule has 1 unspecified atom stereocenters. The van der Waals surface area contributed by atoms with Crippen LogP contribution in [0.5, 0.6) is 5.75 Å². The number of aryl methyl sites for hydroxylation is 1. The van der Waals surface area contributed by atoms with Crippen molar-refractivity contribution in [3.63, 3.8) is 0 Å². The molecule has 21 heavy (non-hydrogen) atoms. The fourth-order valence-corrected chi connectivity index (χ4v) is 2.21. The molecule has 0 saturated heterocycles. The minimum Gasteiger partial charge on any atom is -0.484 e. The van der Waals surface area contributed by atoms with Gasteiger partial charge in [-0.05, 0) is 36.2 Å². The average Bonchev–Trinajstić information content (AvgIpc) is 2.48. The van der Waals surface area contributed by atoms with E-state index in [2.05, 4.69) is 31.3 Å². The van der Waals surface area contributed by atoms with Crippen molar-refractivity contribution in [1.29, 1.82) is 0 Å². The molecule has 2 rings (SSSR count). The molecule has 3 heteroatoms. The molecule has 2 nitrogen and oxygen atoms in total. The SMILES string of the molecule is Cc1cc(OC(CNC(C)C)c2ccccc2)ccc1Cl. The van der Waals surface area contributed by atoms with Gasteiger partial charge in [0, 0.05) is 17.6 Å². The number of rotatable bonds is 6. The monoisotopic (exact) mass is 303 g/mol. The van der Waals surface area contributed by atoms with E-state index in [0.717, 1.165) is 22.9 Å². The van der Waals surface area contributed by atoms with Crippen LogP contribution >= 0.6 is 11.6 Å². The molecule has 0 aliphatic carbocycles. The molecule has 0 saturated carbocycles. The average molecular weight is 304 g/mol. The van der Waals surface area contributed by atoms with Crippen molar-refractivity contribution in [3.05, 3.63) is 64.7 Å². The van der Waals surface area contributed by atoms with Gasteiger partial charge in [0.15, 0.2) is 0 Å². The Morgan fingerprint density at radius 2 is 1.81 bits per heavy atom. The Balaban J connectivity index is 2.17. The Bertz CT molecular complexity index is 569. The Labute approximate surface area is 132 Å². The van der Waals surface area contributed by atoms with Crippen molar-refractivity contribution in [2.75, 3.05) is 6.54 Å². The number of hydrogen-bond donors (Lipinski definition) is 1. The zero-order valence-corrected chi connectivity index (χ0v) is 13.5. The van der Waals surface area contributed by atoms with E-state index in [-0.39, 0.29) is 6.10 Å². The molecule has 2 aromatic rings. The summed E-state index contributed by atoms with van der Waals surface area (Å²) in [6.07, 6.45) is -0.0193. The number of hydrogen-bond acceptors (Lipinski definition) is 2. The van der Waals surface area contributed by atoms with Crippen molar-refractivity contribution >= 4 is 11.6 Å². The molecule has 0 aliphatic rings. The molecule has 0 spiro atoms. The first-order chi connectivity index (χ1) is 10.1. The molecule has 0 bridgehead atoms. The van der Waals surface area contributed by atoms with Crippen LogP contribution in [0.1, 0.15) is 31.1 Å². The summed E-state index contributed by atoms with van der Waals surface area (Å²) in [6, 6.07) is 16.5. The molecule has 1 atom stereocenters. The van der Waals surface area contributed by atoms with E-state index in [0.29, 0.717) is 6.04 Å². The highest BCUT2D eigenvalue weighted by Crippen LogP contribution is 2.26. The normalized spacial score (nSPS) is 12.4. The van der Waals surface area contributed by atoms with E-state index < -0.39 is 0 Å². The van der Waals surface area contributed by atoms with Gasteiger partial charge in [-0.2, -0.15) is 0 Å². The van der Waals surface area contributed by atoms with E-state index in [1.54, 1.807) is 0 Å². The van der Waals surface area contributed by atoms with E-state index in [1.165, 1.54) is 5.56 Å². The third-order valence-electron chi connectivity index (χ3n) is 3.29. The maximum atomic E-state index is 6.17. The van der Waals surface area contributed by atoms with Crippen LogP contribution in [0.15, 0.2) is 48.5 Å². The van der Waals surface area contributed by atoms with Crippen molar-refractivity contribution in [2.45, 2.75) is 32.9 Å². The highest BCUT2D eigenvalue weighted by Gasteiger charge is 2.14. The molecular formula is C18H22ClNO. The van der Waals surface area contributed by atoms with E-state index >= 15 is 0 Å². The quantitative estimate of drug-likeness (QED) is 0.830. The lowest BCUT2D eigenvalue weighted by Gasteiger charge is -2.22. The highest BCUT2D eigenvalue weighted by molar-refractivity contribution is 6.31. The number of nitrogens with one attached hydrogen (secondary N) is 1. The van der Waals surface area contributed by atoms with Crippen LogP contribution in [0.3, 0.4) is 0 Å². The van der Waals surface area contributed by atoms with Crippen LogP contribution in [-0.2, 0) is 0 Å². The largest absolute Gasteiger partial charge is 0.484 e. The van der Waals surface area contributed by atoms with Crippen molar-refractivity contribution in [2.24, 2.45) is 0 Å². The molecule has 0 aromatic heterocycles. The lowest BCUT2D eigenvalue weighted by molar-refractivity contribution is 0.198. The van der Waals surface area contributed by atoms with Gasteiger partial charge in [-0.25, -0.2) is 0 Å². The second kappa shape index (κ2) is 7.48. The molecule has 0 radical (unpaired) electrons. The second-order valence-electron chi connectivity index (χ2n) is 5.49. The standard InChI is InChI=1S/C18H22ClNO/c1-13(2)20-12-18(15-7-5-4-6-8-15)21-16-9-10-17(19)14(3)11-16/h4-11,13,18,20H,12H2,1-3H3. The van der Waals surface area contributed by atoms with Gasteiger partial charge < -0.3 is 10.1 Å². The van der Waals surface area contributed by atoms with E-state index in [9.17, 15) is 0 Å². The molecule has 0 aliphatic heterocycles. The summed E-state index contributed by atoms with van der Waals surface area (Å²) in [5, 5.41) is 4.20. The lowest BCUT2D eigenvalue weighted by Crippen LogP contribution is -2.30. The fraction of sp³-hybridized carbons (Fsp3) is 0.333. The maximum Gasteiger partial charge on any atom is 0.136 e.